The summed E-state index contributed by atoms with van der Waals surface area (Å²) in [7, 11) is 0. The van der Waals surface area contributed by atoms with Gasteiger partial charge < -0.3 is 4.90 Å². The van der Waals surface area contributed by atoms with E-state index in [0.29, 0.717) is 12.1 Å². The van der Waals surface area contributed by atoms with Gasteiger partial charge in [0.25, 0.3) is 0 Å². The van der Waals surface area contributed by atoms with Crippen LogP contribution in [0.3, 0.4) is 0 Å². The molecule has 1 aromatic heterocycles. The monoisotopic (exact) mass is 347 g/mol. The quantitative estimate of drug-likeness (QED) is 0.675. The van der Waals surface area contributed by atoms with Crippen LogP contribution in [0.2, 0.25) is 0 Å². The molecule has 4 nitrogen and oxygen atoms in total. The van der Waals surface area contributed by atoms with Crippen LogP contribution in [0.4, 0.5) is 5.82 Å². The molecule has 1 fully saturated rings. The van der Waals surface area contributed by atoms with Crippen LogP contribution in [0.1, 0.15) is 53.4 Å². The molecule has 4 rings (SSSR count). The van der Waals surface area contributed by atoms with E-state index in [1.807, 2.05) is 18.2 Å². The van der Waals surface area contributed by atoms with Gasteiger partial charge in [0.2, 0.25) is 0 Å². The molecule has 0 saturated heterocycles. The maximum atomic E-state index is 12.8. The lowest BCUT2D eigenvalue weighted by atomic mass is 9.98. The number of carbonyl (C=O) groups excluding carboxylic acids is 1. The van der Waals surface area contributed by atoms with Gasteiger partial charge in [-0.15, -0.1) is 0 Å². The number of allylic oxidation sites excluding steroid dienone is 1. The second kappa shape index (κ2) is 7.40. The lowest BCUT2D eigenvalue weighted by Crippen LogP contribution is -2.27. The molecule has 0 unspecified atom stereocenters. The van der Waals surface area contributed by atoms with Crippen LogP contribution in [0.5, 0.6) is 0 Å². The summed E-state index contributed by atoms with van der Waals surface area (Å²) in [5.74, 6) is 1.73. The summed E-state index contributed by atoms with van der Waals surface area (Å²) < 4.78 is 0. The van der Waals surface area contributed by atoms with Gasteiger partial charge in [-0.05, 0) is 48.3 Å². The minimum Gasteiger partial charge on any atom is -0.356 e. The first kappa shape index (κ1) is 17.0. The van der Waals surface area contributed by atoms with Crippen LogP contribution in [-0.4, -0.2) is 28.8 Å². The van der Waals surface area contributed by atoms with Gasteiger partial charge in [-0.2, -0.15) is 0 Å². The first-order valence-electron chi connectivity index (χ1n) is 9.62. The van der Waals surface area contributed by atoms with Crippen LogP contribution in [0.15, 0.2) is 36.7 Å². The summed E-state index contributed by atoms with van der Waals surface area (Å²) in [6, 6.07) is 8.09. The molecule has 1 heterocycles. The van der Waals surface area contributed by atoms with E-state index in [9.17, 15) is 4.79 Å². The third kappa shape index (κ3) is 3.69. The first-order valence-corrected chi connectivity index (χ1v) is 9.62. The highest BCUT2D eigenvalue weighted by molar-refractivity contribution is 5.97. The third-order valence-electron chi connectivity index (χ3n) is 5.19. The van der Waals surface area contributed by atoms with E-state index < -0.39 is 0 Å². The molecule has 0 spiro atoms. The number of aromatic nitrogens is 2. The Hall–Kier alpha value is -2.49. The molecule has 1 aromatic carbocycles. The molecule has 4 heteroatoms. The van der Waals surface area contributed by atoms with Gasteiger partial charge in [-0.3, -0.25) is 4.79 Å². The molecule has 2 aromatic rings. The lowest BCUT2D eigenvalue weighted by Gasteiger charge is -2.23. The van der Waals surface area contributed by atoms with Crippen molar-refractivity contribution >= 4 is 17.7 Å². The SMILES string of the molecule is CCCN(CC1CC1)c1cc(C(=O)Cc2cccc3c2C=CC3)ncn1. The van der Waals surface area contributed by atoms with Crippen molar-refractivity contribution in [3.8, 4) is 0 Å². The summed E-state index contributed by atoms with van der Waals surface area (Å²) in [6.07, 6.45) is 10.9. The van der Waals surface area contributed by atoms with Gasteiger partial charge in [0.05, 0.1) is 0 Å². The highest BCUT2D eigenvalue weighted by Crippen LogP contribution is 2.31. The van der Waals surface area contributed by atoms with Crippen molar-refractivity contribution < 1.29 is 4.79 Å². The standard InChI is InChI=1S/C22H25N3O/c1-2-11-25(14-16-9-10-16)22-13-20(23-15-24-22)21(26)12-18-7-3-5-17-6-4-8-19(17)18/h3-5,7-8,13,15-16H,2,6,9-12,14H2,1H3. The molecule has 0 atom stereocenters. The fraction of sp³-hybridized carbons (Fsp3) is 0.409. The molecule has 134 valence electrons. The van der Waals surface area contributed by atoms with Crippen molar-refractivity contribution in [2.45, 2.75) is 39.0 Å². The van der Waals surface area contributed by atoms with E-state index in [0.717, 1.165) is 43.2 Å². The summed E-state index contributed by atoms with van der Waals surface area (Å²) in [6.45, 7) is 4.18. The molecular formula is C22H25N3O. The van der Waals surface area contributed by atoms with Crippen LogP contribution in [0.25, 0.3) is 6.08 Å². The summed E-state index contributed by atoms with van der Waals surface area (Å²) in [4.78, 5) is 23.9. The number of hydrogen-bond donors (Lipinski definition) is 0. The number of Topliss-reactive ketones (excluding diaryl/α,β-unsaturated/α-hetero) is 1. The van der Waals surface area contributed by atoms with E-state index in [2.05, 4.69) is 40.0 Å². The molecule has 0 N–H and O–H groups in total. The number of rotatable bonds is 8. The zero-order valence-electron chi connectivity index (χ0n) is 15.3. The number of fused-ring (bicyclic) bond motifs is 1. The van der Waals surface area contributed by atoms with Crippen molar-refractivity contribution in [3.05, 3.63) is 59.1 Å². The topological polar surface area (TPSA) is 46.1 Å². The second-order valence-corrected chi connectivity index (χ2v) is 7.35. The van der Waals surface area contributed by atoms with E-state index in [4.69, 9.17) is 0 Å². The Morgan fingerprint density at radius 3 is 2.96 bits per heavy atom. The zero-order valence-corrected chi connectivity index (χ0v) is 15.3. The van der Waals surface area contributed by atoms with Gasteiger partial charge in [0.15, 0.2) is 5.78 Å². The maximum absolute atomic E-state index is 12.8. The average molecular weight is 347 g/mol. The van der Waals surface area contributed by atoms with Crippen LogP contribution < -0.4 is 4.90 Å². The number of carbonyl (C=O) groups is 1. The second-order valence-electron chi connectivity index (χ2n) is 7.35. The van der Waals surface area contributed by atoms with Gasteiger partial charge in [0, 0.05) is 25.6 Å². The molecule has 2 aliphatic rings. The maximum Gasteiger partial charge on any atom is 0.185 e. The lowest BCUT2D eigenvalue weighted by molar-refractivity contribution is 0.0988. The van der Waals surface area contributed by atoms with Crippen molar-refractivity contribution in [1.29, 1.82) is 0 Å². The van der Waals surface area contributed by atoms with Gasteiger partial charge in [-0.25, -0.2) is 9.97 Å². The fourth-order valence-electron chi connectivity index (χ4n) is 3.63. The average Bonchev–Trinajstić information content (AvgIpc) is 3.34. The molecule has 1 saturated carbocycles. The first-order chi connectivity index (χ1) is 12.7. The van der Waals surface area contributed by atoms with E-state index in [1.54, 1.807) is 0 Å². The number of ketones is 1. The normalized spacial score (nSPS) is 15.1. The molecule has 0 aliphatic heterocycles. The Balaban J connectivity index is 1.53. The Labute approximate surface area is 155 Å². The number of anilines is 1. The number of benzene rings is 1. The molecule has 0 radical (unpaired) electrons. The number of hydrogen-bond acceptors (Lipinski definition) is 4. The zero-order chi connectivity index (χ0) is 17.9. The van der Waals surface area contributed by atoms with Gasteiger partial charge >= 0.3 is 0 Å². The van der Waals surface area contributed by atoms with E-state index in [1.165, 1.54) is 30.3 Å². The minimum atomic E-state index is 0.0604. The van der Waals surface area contributed by atoms with Crippen LogP contribution in [0, 0.1) is 5.92 Å². The molecule has 0 bridgehead atoms. The van der Waals surface area contributed by atoms with E-state index >= 15 is 0 Å². The molecule has 26 heavy (non-hydrogen) atoms. The summed E-state index contributed by atoms with van der Waals surface area (Å²) >= 11 is 0. The molecular weight excluding hydrogens is 322 g/mol. The minimum absolute atomic E-state index is 0.0604. The Kier molecular flexibility index (Phi) is 4.83. The van der Waals surface area contributed by atoms with Gasteiger partial charge in [-0.1, -0.05) is 37.3 Å². The Morgan fingerprint density at radius 1 is 1.27 bits per heavy atom. The molecule has 0 amide bonds. The Bertz CT molecular complexity index is 839. The number of nitrogens with zero attached hydrogens (tertiary/aromatic N) is 3. The van der Waals surface area contributed by atoms with Crippen LogP contribution >= 0.6 is 0 Å². The van der Waals surface area contributed by atoms with Gasteiger partial charge in [0.1, 0.15) is 17.8 Å². The molecule has 2 aliphatic carbocycles. The van der Waals surface area contributed by atoms with Crippen LogP contribution in [-0.2, 0) is 12.8 Å². The van der Waals surface area contributed by atoms with Crippen molar-refractivity contribution in [1.82, 2.24) is 9.97 Å². The highest BCUT2D eigenvalue weighted by Gasteiger charge is 2.25. The largest absolute Gasteiger partial charge is 0.356 e. The van der Waals surface area contributed by atoms with Crippen molar-refractivity contribution in [3.63, 3.8) is 0 Å². The summed E-state index contributed by atoms with van der Waals surface area (Å²) in [5.41, 5.74) is 4.12. The highest BCUT2D eigenvalue weighted by atomic mass is 16.1. The predicted octanol–water partition coefficient (Wildman–Crippen LogP) is 4.10. The third-order valence-corrected chi connectivity index (χ3v) is 5.19. The van der Waals surface area contributed by atoms with Crippen molar-refractivity contribution in [2.24, 2.45) is 5.92 Å². The summed E-state index contributed by atoms with van der Waals surface area (Å²) in [5, 5.41) is 0. The Morgan fingerprint density at radius 2 is 2.15 bits per heavy atom. The predicted molar refractivity (Wildman–Crippen MR) is 104 cm³/mol. The van der Waals surface area contributed by atoms with Crippen molar-refractivity contribution in [2.75, 3.05) is 18.0 Å². The fourth-order valence-corrected chi connectivity index (χ4v) is 3.63. The smallest absolute Gasteiger partial charge is 0.185 e. The van der Waals surface area contributed by atoms with E-state index in [-0.39, 0.29) is 5.78 Å².